The normalized spacial score (nSPS) is 13.4. The lowest BCUT2D eigenvalue weighted by molar-refractivity contribution is -0.127. The lowest BCUT2D eigenvalue weighted by atomic mass is 10.0. The van der Waals surface area contributed by atoms with Gasteiger partial charge in [0, 0.05) is 113 Å². The van der Waals surface area contributed by atoms with Gasteiger partial charge in [-0.25, -0.2) is 41.3 Å². The quantitative estimate of drug-likeness (QED) is 0.0371. The number of nitriles is 3. The summed E-state index contributed by atoms with van der Waals surface area (Å²) in [6.45, 7) is 30.3. The minimum atomic E-state index is -1.55. The number of fused-ring (bicyclic) bond motifs is 3. The zero-order valence-corrected chi connectivity index (χ0v) is 79.6. The number of aromatic nitrogens is 9. The van der Waals surface area contributed by atoms with Crippen molar-refractivity contribution >= 4 is 172 Å². The van der Waals surface area contributed by atoms with E-state index in [1.807, 2.05) is 59.8 Å². The molecule has 0 spiro atoms. The molecule has 696 valence electrons. The van der Waals surface area contributed by atoms with Crippen LogP contribution in [0.25, 0.3) is 83.9 Å². The average Bonchev–Trinajstić information content (AvgIpc) is 0.728. The van der Waals surface area contributed by atoms with Crippen molar-refractivity contribution in [3.8, 4) is 86.3 Å². The summed E-state index contributed by atoms with van der Waals surface area (Å²) in [6, 6.07) is 15.3. The Hall–Kier alpha value is -12.7. The number of pyridine rings is 9. The van der Waals surface area contributed by atoms with Crippen molar-refractivity contribution in [3.05, 3.63) is 255 Å². The van der Waals surface area contributed by atoms with Crippen LogP contribution in [0, 0.1) is 89.7 Å². The topological polar surface area (TPSA) is 346 Å². The van der Waals surface area contributed by atoms with Gasteiger partial charge in [0.05, 0.1) is 100 Å². The van der Waals surface area contributed by atoms with Gasteiger partial charge in [0.15, 0.2) is 34.9 Å². The summed E-state index contributed by atoms with van der Waals surface area (Å²) in [6.07, 6.45) is 8.40. The van der Waals surface area contributed by atoms with Crippen LogP contribution < -0.4 is 31.4 Å². The minimum absolute atomic E-state index is 0.0683. The Kier molecular flexibility index (Phi) is 29.6. The number of rotatable bonds is 15. The number of phenols is 3. The van der Waals surface area contributed by atoms with Gasteiger partial charge in [-0.3, -0.25) is 57.4 Å². The van der Waals surface area contributed by atoms with Crippen LogP contribution in [0.5, 0.6) is 17.2 Å². The van der Waals surface area contributed by atoms with Gasteiger partial charge < -0.3 is 44.7 Å². The number of aromatic hydroxyl groups is 3. The van der Waals surface area contributed by atoms with Crippen LogP contribution >= 0.6 is 104 Å². The van der Waals surface area contributed by atoms with Gasteiger partial charge in [0.1, 0.15) is 99.2 Å². The number of amides is 3. The molecule has 15 rings (SSSR count). The van der Waals surface area contributed by atoms with E-state index in [2.05, 4.69) is 49.6 Å². The molecule has 3 amide bonds. The molecule has 135 heavy (non-hydrogen) atoms. The van der Waals surface area contributed by atoms with Crippen LogP contribution in [0.15, 0.2) is 107 Å². The van der Waals surface area contributed by atoms with Gasteiger partial charge in [-0.05, 0) is 110 Å². The summed E-state index contributed by atoms with van der Waals surface area (Å²) in [7, 11) is 0. The molecule has 3 aromatic carbocycles. The average molecular weight is 2020 g/mol. The van der Waals surface area contributed by atoms with Crippen LogP contribution in [0.2, 0.25) is 45.2 Å². The maximum atomic E-state index is 15.4. The molecule has 3 saturated heterocycles. The number of carbonyl (C=O) groups is 3. The lowest BCUT2D eigenvalue weighted by Gasteiger charge is -2.36. The number of halogens is 15. The van der Waals surface area contributed by atoms with E-state index in [-0.39, 0.29) is 196 Å². The number of nitrogens with zero attached hydrogens (tertiary/aromatic N) is 18. The fourth-order valence-electron chi connectivity index (χ4n) is 16.4. The third-order valence-corrected chi connectivity index (χ3v) is 26.3. The highest BCUT2D eigenvalue weighted by Gasteiger charge is 2.39. The standard InChI is InChI=1S/3C31H25Cl3F2N6O3/c3*1-5-19(43)40-8-10-41(11-9-40)28-16-12-18(32)26(20-23(35)24(36)21(33)22(34)29(20)44)39-30(16)42(31(45)17(28)13-37)27-15(4)6-7-38-25(27)14(2)3/h3*5-7,12,14,44H,1,8-11H2,2-4H3. The maximum absolute atomic E-state index is 15.4. The van der Waals surface area contributed by atoms with Gasteiger partial charge in [-0.1, -0.05) is 166 Å². The molecule has 0 aliphatic carbocycles. The van der Waals surface area contributed by atoms with Crippen LogP contribution in [-0.4, -0.2) is 170 Å². The van der Waals surface area contributed by atoms with E-state index in [9.17, 15) is 73.0 Å². The first-order chi connectivity index (χ1) is 64.0. The number of anilines is 3. The van der Waals surface area contributed by atoms with Crippen molar-refractivity contribution in [2.75, 3.05) is 93.2 Å². The van der Waals surface area contributed by atoms with Gasteiger partial charge in [0.25, 0.3) is 16.7 Å². The SMILES string of the molecule is C=CC(=O)N1CCN(c2c(C#N)c(=O)n(-c3c(C)ccnc3C(C)C)c3nc(-c4c(O)c(Cl)c(Cl)c(F)c4F)c(Cl)cc23)CC1.C=CC(=O)N1CCN(c2c(C#N)c(=O)n(-c3c(C)ccnc3C(C)C)c3nc(-c4c(O)c(Cl)c(Cl)c(F)c4F)c(Cl)cc23)CC1.C=CC(=O)N1CCN(c2c(C#N)c(=O)n(-c3c(C)ccnc3C(C)C)c3nc(-c4c(O)c(Cl)c(Cl)c(F)c4F)c(Cl)cc23)CC1. The van der Waals surface area contributed by atoms with E-state index in [1.165, 1.54) is 50.1 Å². The predicted octanol–water partition coefficient (Wildman–Crippen LogP) is 19.6. The Labute approximate surface area is 810 Å². The number of hydrogen-bond donors (Lipinski definition) is 3. The summed E-state index contributed by atoms with van der Waals surface area (Å²) in [5.41, 5.74) is -1.57. The number of aryl methyl sites for hydroxylation is 3. The highest BCUT2D eigenvalue weighted by Crippen LogP contribution is 2.51. The maximum Gasteiger partial charge on any atom is 0.276 e. The number of phenolic OH excluding ortho intramolecular Hbond substituents is 3. The molecule has 3 aliphatic rings. The molecule has 0 bridgehead atoms. The molecule has 0 atom stereocenters. The van der Waals surface area contributed by atoms with Gasteiger partial charge in [-0.15, -0.1) is 0 Å². The van der Waals surface area contributed by atoms with E-state index in [1.54, 1.807) is 87.0 Å². The molecule has 3 fully saturated rings. The predicted molar refractivity (Wildman–Crippen MR) is 509 cm³/mol. The monoisotopic (exact) mass is 2020 g/mol. The highest BCUT2D eigenvalue weighted by atomic mass is 35.5. The molecule has 27 nitrogen and oxygen atoms in total. The Morgan fingerprint density at radius 2 is 0.600 bits per heavy atom. The van der Waals surface area contributed by atoms with E-state index in [0.29, 0.717) is 50.8 Å². The summed E-state index contributed by atoms with van der Waals surface area (Å²) in [4.78, 5) is 117. The summed E-state index contributed by atoms with van der Waals surface area (Å²) >= 11 is 55.4. The van der Waals surface area contributed by atoms with Crippen LogP contribution in [0.4, 0.5) is 43.4 Å². The van der Waals surface area contributed by atoms with Crippen molar-refractivity contribution in [3.63, 3.8) is 0 Å². The zero-order chi connectivity index (χ0) is 98.7. The molecule has 3 N–H and O–H groups in total. The minimum Gasteiger partial charge on any atom is -0.506 e. The van der Waals surface area contributed by atoms with Crippen LogP contribution in [-0.2, 0) is 14.4 Å². The second kappa shape index (κ2) is 40.1. The second-order valence-corrected chi connectivity index (χ2v) is 35.5. The van der Waals surface area contributed by atoms with Gasteiger partial charge >= 0.3 is 0 Å². The smallest absolute Gasteiger partial charge is 0.276 e. The summed E-state index contributed by atoms with van der Waals surface area (Å²) in [5.74, 6) is -13.3. The third-order valence-electron chi connectivity index (χ3n) is 23.0. The molecule has 12 heterocycles. The Balaban J connectivity index is 0.000000171. The van der Waals surface area contributed by atoms with E-state index < -0.39 is 133 Å². The zero-order valence-electron chi connectivity index (χ0n) is 72.8. The molecule has 0 saturated carbocycles. The van der Waals surface area contributed by atoms with E-state index in [0.717, 1.165) is 0 Å². The molecule has 3 aliphatic heterocycles. The summed E-state index contributed by atoms with van der Waals surface area (Å²) < 4.78 is 94.1. The van der Waals surface area contributed by atoms with Crippen molar-refractivity contribution in [1.82, 2.24) is 58.3 Å². The molecule has 42 heteroatoms. The van der Waals surface area contributed by atoms with Gasteiger partial charge in [0.2, 0.25) is 17.7 Å². The Bertz CT molecular complexity index is 6650. The summed E-state index contributed by atoms with van der Waals surface area (Å²) in [5, 5.41) is 59.0. The Morgan fingerprint density at radius 3 is 0.800 bits per heavy atom. The van der Waals surface area contributed by atoms with Crippen molar-refractivity contribution < 1.29 is 56.0 Å². The number of carbonyl (C=O) groups excluding carboxylic acids is 3. The van der Waals surface area contributed by atoms with Crippen LogP contribution in [0.1, 0.15) is 110 Å². The van der Waals surface area contributed by atoms with Gasteiger partial charge in [-0.2, -0.15) is 15.8 Å². The van der Waals surface area contributed by atoms with Crippen molar-refractivity contribution in [2.24, 2.45) is 0 Å². The Morgan fingerprint density at radius 1 is 0.378 bits per heavy atom. The fraction of sp³-hybridized carbons (Fsp3) is 0.258. The third kappa shape index (κ3) is 17.8. The number of piperazine rings is 3. The highest BCUT2D eigenvalue weighted by molar-refractivity contribution is 6.45. The van der Waals surface area contributed by atoms with Crippen molar-refractivity contribution in [2.45, 2.75) is 80.1 Å². The molecule has 0 unspecified atom stereocenters. The molecular formula is C93H75Cl9F6N18O9. The lowest BCUT2D eigenvalue weighted by Crippen LogP contribution is -2.49. The van der Waals surface area contributed by atoms with Crippen molar-refractivity contribution in [1.29, 1.82) is 15.8 Å². The molecule has 12 aromatic rings. The first-order valence-corrected chi connectivity index (χ1v) is 44.5. The van der Waals surface area contributed by atoms with E-state index in [4.69, 9.17) is 104 Å². The van der Waals surface area contributed by atoms with Crippen LogP contribution in [0.3, 0.4) is 0 Å². The molecule has 9 aromatic heterocycles. The fourth-order valence-corrected chi connectivity index (χ4v) is 18.2. The molecular weight excluding hydrogens is 1950 g/mol. The number of benzene rings is 3. The number of hydrogen-bond acceptors (Lipinski definition) is 21. The van der Waals surface area contributed by atoms with E-state index >= 15 is 13.2 Å². The first kappa shape index (κ1) is 99.7. The second-order valence-electron chi connectivity index (χ2n) is 32.0. The largest absolute Gasteiger partial charge is 0.506 e. The first-order valence-electron chi connectivity index (χ1n) is 41.1. The molecule has 0 radical (unpaired) electrons.